The van der Waals surface area contributed by atoms with Crippen LogP contribution in [0, 0.1) is 5.41 Å². The topological polar surface area (TPSA) is 91.4 Å². The average molecular weight is 352 g/mol. The van der Waals surface area contributed by atoms with Gasteiger partial charge >= 0.3 is 0 Å². The number of rotatable bonds is 4. The van der Waals surface area contributed by atoms with Crippen LogP contribution in [-0.4, -0.2) is 30.4 Å². The first-order valence-corrected chi connectivity index (χ1v) is 8.60. The molecular weight excluding hydrogens is 328 g/mol. The maximum Gasteiger partial charge on any atom is 0.239 e. The van der Waals surface area contributed by atoms with Gasteiger partial charge in [0, 0.05) is 12.7 Å². The highest BCUT2D eigenvalue weighted by Gasteiger charge is 2.48. The number of carbonyl (C=O) groups excluding carboxylic acids is 1. The average Bonchev–Trinajstić information content (AvgIpc) is 2.61. The van der Waals surface area contributed by atoms with Crippen LogP contribution in [0.3, 0.4) is 0 Å². The number of likely N-dealkylation sites (N-methyl/N-ethyl adjacent to an activating group) is 1. The predicted molar refractivity (Wildman–Crippen MR) is 102 cm³/mol. The van der Waals surface area contributed by atoms with Crippen molar-refractivity contribution >= 4 is 17.6 Å². The lowest BCUT2D eigenvalue weighted by Gasteiger charge is -2.46. The summed E-state index contributed by atoms with van der Waals surface area (Å²) in [6.45, 7) is 4.45. The molecule has 1 fully saturated rings. The fourth-order valence-corrected chi connectivity index (χ4v) is 3.45. The van der Waals surface area contributed by atoms with Crippen molar-refractivity contribution in [2.24, 2.45) is 0 Å². The van der Waals surface area contributed by atoms with Gasteiger partial charge in [-0.25, -0.2) is 0 Å². The molecule has 2 atom stereocenters. The summed E-state index contributed by atoms with van der Waals surface area (Å²) in [5.41, 5.74) is 7.52. The Hall–Kier alpha value is -3.02. The molecule has 0 saturated carbocycles. The van der Waals surface area contributed by atoms with E-state index in [1.54, 1.807) is 13.1 Å². The molecule has 0 aliphatic carbocycles. The molecule has 6 heteroatoms. The van der Waals surface area contributed by atoms with E-state index in [4.69, 9.17) is 15.9 Å². The molecule has 4 N–H and O–H groups in total. The molecule has 0 unspecified atom stereocenters. The van der Waals surface area contributed by atoms with Gasteiger partial charge in [-0.05, 0) is 49.2 Å². The van der Waals surface area contributed by atoms with Crippen LogP contribution >= 0.6 is 0 Å². The van der Waals surface area contributed by atoms with Crippen molar-refractivity contribution in [1.29, 1.82) is 5.41 Å². The second-order valence-corrected chi connectivity index (χ2v) is 6.63. The molecule has 2 aromatic carbocycles. The third kappa shape index (κ3) is 2.98. The molecule has 0 radical (unpaired) electrons. The molecule has 6 nitrogen and oxygen atoms in total. The maximum absolute atomic E-state index is 13.1. The van der Waals surface area contributed by atoms with Gasteiger partial charge in [-0.3, -0.25) is 15.1 Å². The Bertz CT molecular complexity index is 834. The van der Waals surface area contributed by atoms with Crippen LogP contribution in [0.25, 0.3) is 0 Å². The molecule has 2 aromatic rings. The van der Waals surface area contributed by atoms with E-state index in [0.717, 1.165) is 16.9 Å². The third-order valence-electron chi connectivity index (χ3n) is 4.88. The second-order valence-electron chi connectivity index (χ2n) is 6.63. The van der Waals surface area contributed by atoms with Gasteiger partial charge in [0.1, 0.15) is 5.75 Å². The van der Waals surface area contributed by atoms with Crippen LogP contribution in [0.1, 0.15) is 30.9 Å². The number of nitrogens with one attached hydrogen (secondary N) is 2. The van der Waals surface area contributed by atoms with Crippen LogP contribution in [0.2, 0.25) is 0 Å². The zero-order valence-electron chi connectivity index (χ0n) is 15.2. The fraction of sp³-hybridized carbons (Fsp3) is 0.300. The minimum atomic E-state index is -0.789. The number of hydrogen-bond donors (Lipinski definition) is 3. The largest absolute Gasteiger partial charge is 0.494 e. The van der Waals surface area contributed by atoms with Gasteiger partial charge < -0.3 is 15.8 Å². The summed E-state index contributed by atoms with van der Waals surface area (Å²) >= 11 is 0. The molecule has 1 saturated heterocycles. The van der Waals surface area contributed by atoms with E-state index < -0.39 is 11.5 Å². The Morgan fingerprint density at radius 2 is 1.96 bits per heavy atom. The van der Waals surface area contributed by atoms with Gasteiger partial charge in [0.15, 0.2) is 5.96 Å². The molecular formula is C20H24N4O2. The number of nitrogen functional groups attached to an aromatic ring is 1. The summed E-state index contributed by atoms with van der Waals surface area (Å²) in [7, 11) is 1.61. The highest BCUT2D eigenvalue weighted by molar-refractivity contribution is 6.02. The minimum absolute atomic E-state index is 0.0714. The molecule has 1 aliphatic heterocycles. The van der Waals surface area contributed by atoms with Crippen LogP contribution in [0.4, 0.5) is 5.69 Å². The minimum Gasteiger partial charge on any atom is -0.494 e. The lowest BCUT2D eigenvalue weighted by Crippen LogP contribution is -2.62. The molecule has 26 heavy (non-hydrogen) atoms. The van der Waals surface area contributed by atoms with Crippen molar-refractivity contribution in [2.75, 3.05) is 19.4 Å². The number of ether oxygens (including phenoxy) is 1. The lowest BCUT2D eigenvalue weighted by molar-refractivity contribution is -0.131. The smallest absolute Gasteiger partial charge is 0.239 e. The Labute approximate surface area is 153 Å². The van der Waals surface area contributed by atoms with E-state index in [1.807, 2.05) is 56.3 Å². The summed E-state index contributed by atoms with van der Waals surface area (Å²) in [6, 6.07) is 15.0. The summed E-state index contributed by atoms with van der Waals surface area (Å²) in [4.78, 5) is 14.4. The molecule has 1 heterocycles. The van der Waals surface area contributed by atoms with Gasteiger partial charge in [0.2, 0.25) is 5.91 Å². The summed E-state index contributed by atoms with van der Waals surface area (Å²) in [5.74, 6) is 0.197. The van der Waals surface area contributed by atoms with Gasteiger partial charge in [-0.1, -0.05) is 24.3 Å². The molecule has 0 aromatic heterocycles. The number of hydrogen-bond acceptors (Lipinski definition) is 4. The van der Waals surface area contributed by atoms with Crippen molar-refractivity contribution in [1.82, 2.24) is 10.2 Å². The predicted octanol–water partition coefficient (Wildman–Crippen LogP) is 2.66. The van der Waals surface area contributed by atoms with E-state index in [0.29, 0.717) is 12.3 Å². The lowest BCUT2D eigenvalue weighted by atomic mass is 9.73. The monoisotopic (exact) mass is 352 g/mol. The van der Waals surface area contributed by atoms with Gasteiger partial charge in [0.05, 0.1) is 18.1 Å². The number of guanidine groups is 1. The third-order valence-corrected chi connectivity index (χ3v) is 4.88. The summed E-state index contributed by atoms with van der Waals surface area (Å²) < 4.78 is 5.50. The van der Waals surface area contributed by atoms with Crippen molar-refractivity contribution in [3.8, 4) is 5.75 Å². The maximum atomic E-state index is 13.1. The Kier molecular flexibility index (Phi) is 4.59. The Balaban J connectivity index is 2.10. The Morgan fingerprint density at radius 3 is 2.58 bits per heavy atom. The Morgan fingerprint density at radius 1 is 1.27 bits per heavy atom. The van der Waals surface area contributed by atoms with Gasteiger partial charge in [0.25, 0.3) is 0 Å². The highest BCUT2D eigenvalue weighted by atomic mass is 16.5. The standard InChI is InChI=1S/C20H24N4O2/c1-4-26-16-10-8-13(9-11-16)17-18(25)24(3)19(22)23-20(17,2)14-6-5-7-15(21)12-14/h5-12,17H,4,21H2,1-3H3,(H2,22,23)/t17-,20-/m1/s1. The van der Waals surface area contributed by atoms with E-state index in [2.05, 4.69) is 5.32 Å². The second kappa shape index (κ2) is 6.71. The quantitative estimate of drug-likeness (QED) is 0.738. The summed E-state index contributed by atoms with van der Waals surface area (Å²) in [5, 5.41) is 11.4. The molecule has 1 aliphatic rings. The number of benzene rings is 2. The molecule has 0 spiro atoms. The normalized spacial score (nSPS) is 22.9. The van der Waals surface area contributed by atoms with Gasteiger partial charge in [-0.15, -0.1) is 0 Å². The molecule has 136 valence electrons. The molecule has 0 bridgehead atoms. The van der Waals surface area contributed by atoms with Crippen LogP contribution in [0.5, 0.6) is 5.75 Å². The number of nitrogens with two attached hydrogens (primary N) is 1. The molecule has 3 rings (SSSR count). The van der Waals surface area contributed by atoms with Crippen molar-refractivity contribution in [3.63, 3.8) is 0 Å². The van der Waals surface area contributed by atoms with Crippen molar-refractivity contribution < 1.29 is 9.53 Å². The van der Waals surface area contributed by atoms with Crippen molar-refractivity contribution in [3.05, 3.63) is 59.7 Å². The number of carbonyl (C=O) groups is 1. The fourth-order valence-electron chi connectivity index (χ4n) is 3.45. The van der Waals surface area contributed by atoms with E-state index >= 15 is 0 Å². The van der Waals surface area contributed by atoms with Crippen LogP contribution in [-0.2, 0) is 10.3 Å². The first kappa shape index (κ1) is 17.8. The molecule has 1 amide bonds. The van der Waals surface area contributed by atoms with Crippen molar-refractivity contribution in [2.45, 2.75) is 25.3 Å². The summed E-state index contributed by atoms with van der Waals surface area (Å²) in [6.07, 6.45) is 0. The number of nitrogens with zero attached hydrogens (tertiary/aromatic N) is 1. The number of amides is 1. The van der Waals surface area contributed by atoms with Crippen LogP contribution < -0.4 is 15.8 Å². The first-order chi connectivity index (χ1) is 12.4. The van der Waals surface area contributed by atoms with E-state index in [-0.39, 0.29) is 11.9 Å². The first-order valence-electron chi connectivity index (χ1n) is 8.60. The van der Waals surface area contributed by atoms with E-state index in [1.165, 1.54) is 4.90 Å². The highest BCUT2D eigenvalue weighted by Crippen LogP contribution is 2.41. The van der Waals surface area contributed by atoms with Gasteiger partial charge in [-0.2, -0.15) is 0 Å². The zero-order valence-corrected chi connectivity index (χ0v) is 15.2. The SMILES string of the molecule is CCOc1ccc([C@@H]2C(=O)N(C)C(=N)N[C@]2(C)c2cccc(N)c2)cc1. The van der Waals surface area contributed by atoms with E-state index in [9.17, 15) is 4.79 Å². The zero-order chi connectivity index (χ0) is 18.9. The van der Waals surface area contributed by atoms with Crippen LogP contribution in [0.15, 0.2) is 48.5 Å². The number of anilines is 1.